The number of halogens is 1. The number of nitrogens with zero attached hydrogens (tertiary/aromatic N) is 4. The predicted octanol–water partition coefficient (Wildman–Crippen LogP) is 3.66. The Morgan fingerprint density at radius 3 is 2.50 bits per heavy atom. The van der Waals surface area contributed by atoms with Crippen molar-refractivity contribution < 1.29 is 0 Å². The minimum absolute atomic E-state index is 0. The van der Waals surface area contributed by atoms with Crippen molar-refractivity contribution in [3.8, 4) is 5.69 Å². The molecule has 2 heterocycles. The fourth-order valence-electron chi connectivity index (χ4n) is 3.05. The summed E-state index contributed by atoms with van der Waals surface area (Å²) in [4.78, 5) is 4.77. The van der Waals surface area contributed by atoms with Gasteiger partial charge in [0.1, 0.15) is 0 Å². The second kappa shape index (κ2) is 10.9. The summed E-state index contributed by atoms with van der Waals surface area (Å²) in [5.41, 5.74) is 4.37. The molecule has 1 aromatic carbocycles. The lowest BCUT2D eigenvalue weighted by Gasteiger charge is -2.13. The average molecular weight is 492 g/mol. The second-order valence-corrected chi connectivity index (χ2v) is 6.51. The highest BCUT2D eigenvalue weighted by Gasteiger charge is 2.08. The largest absolute Gasteiger partial charge is 0.357 e. The fourth-order valence-corrected chi connectivity index (χ4v) is 3.05. The number of nitrogens with one attached hydrogen (secondary N) is 2. The van der Waals surface area contributed by atoms with Gasteiger partial charge in [0.05, 0.1) is 17.9 Å². The number of aryl methyl sites for hydroxylation is 2. The summed E-state index contributed by atoms with van der Waals surface area (Å²) in [5.74, 6) is 0.827. The summed E-state index contributed by atoms with van der Waals surface area (Å²) < 4.78 is 4.14. The molecule has 0 spiro atoms. The number of rotatable bonds is 7. The van der Waals surface area contributed by atoms with E-state index in [1.165, 1.54) is 0 Å². The van der Waals surface area contributed by atoms with E-state index in [0.29, 0.717) is 6.54 Å². The molecule has 0 aliphatic carbocycles. The Morgan fingerprint density at radius 1 is 1.07 bits per heavy atom. The highest BCUT2D eigenvalue weighted by atomic mass is 127. The third-order valence-corrected chi connectivity index (χ3v) is 4.31. The van der Waals surface area contributed by atoms with Gasteiger partial charge in [-0.3, -0.25) is 0 Å². The molecule has 0 amide bonds. The lowest BCUT2D eigenvalue weighted by molar-refractivity contribution is 0.665. The molecule has 0 atom stereocenters. The van der Waals surface area contributed by atoms with Crippen molar-refractivity contribution in [1.29, 1.82) is 0 Å². The van der Waals surface area contributed by atoms with Gasteiger partial charge >= 0.3 is 0 Å². The summed E-state index contributed by atoms with van der Waals surface area (Å²) in [6.07, 6.45) is 4.13. The standard InChI is InChI=1S/C21H28N6.HI/c1-4-22-21(23-11-14-26-12-7-8-13-26)24-16-19-9-5-6-10-20(19)27-18(3)15-17(2)25-27;/h5-10,12-13,15H,4,11,14,16H2,1-3H3,(H2,22,23,24);1H. The van der Waals surface area contributed by atoms with Gasteiger partial charge in [-0.25, -0.2) is 9.67 Å². The number of aliphatic imine (C=N–C) groups is 1. The molecule has 0 aliphatic rings. The molecule has 2 N–H and O–H groups in total. The maximum absolute atomic E-state index is 4.77. The zero-order valence-electron chi connectivity index (χ0n) is 16.7. The van der Waals surface area contributed by atoms with Crippen LogP contribution in [0.1, 0.15) is 23.9 Å². The van der Waals surface area contributed by atoms with Crippen LogP contribution in [0.3, 0.4) is 0 Å². The summed E-state index contributed by atoms with van der Waals surface area (Å²) in [7, 11) is 0. The highest BCUT2D eigenvalue weighted by molar-refractivity contribution is 14.0. The Hall–Kier alpha value is -2.29. The number of benzene rings is 1. The summed E-state index contributed by atoms with van der Waals surface area (Å²) in [6, 6.07) is 14.5. The lowest BCUT2D eigenvalue weighted by Crippen LogP contribution is -2.38. The summed E-state index contributed by atoms with van der Waals surface area (Å²) >= 11 is 0. The average Bonchev–Trinajstić information content (AvgIpc) is 3.29. The van der Waals surface area contributed by atoms with Crippen LogP contribution in [0, 0.1) is 13.8 Å². The normalized spacial score (nSPS) is 11.2. The molecule has 0 unspecified atom stereocenters. The first-order valence-electron chi connectivity index (χ1n) is 9.42. The fraction of sp³-hybridized carbons (Fsp3) is 0.333. The predicted molar refractivity (Wildman–Crippen MR) is 126 cm³/mol. The Balaban J connectivity index is 0.00000280. The molecule has 0 aliphatic heterocycles. The second-order valence-electron chi connectivity index (χ2n) is 6.51. The molecule has 7 heteroatoms. The van der Waals surface area contributed by atoms with Gasteiger partial charge in [-0.2, -0.15) is 5.10 Å². The van der Waals surface area contributed by atoms with Crippen LogP contribution in [0.5, 0.6) is 0 Å². The van der Waals surface area contributed by atoms with E-state index in [4.69, 9.17) is 4.99 Å². The van der Waals surface area contributed by atoms with Crippen LogP contribution in [0.25, 0.3) is 5.69 Å². The molecule has 0 fully saturated rings. The Labute approximate surface area is 184 Å². The number of hydrogen-bond acceptors (Lipinski definition) is 2. The third kappa shape index (κ3) is 5.85. The Morgan fingerprint density at radius 2 is 1.82 bits per heavy atom. The maximum atomic E-state index is 4.77. The van der Waals surface area contributed by atoms with Crippen molar-refractivity contribution in [2.75, 3.05) is 13.1 Å². The van der Waals surface area contributed by atoms with E-state index < -0.39 is 0 Å². The highest BCUT2D eigenvalue weighted by Crippen LogP contribution is 2.17. The minimum Gasteiger partial charge on any atom is -0.357 e. The van der Waals surface area contributed by atoms with Gasteiger partial charge in [-0.05, 0) is 50.6 Å². The van der Waals surface area contributed by atoms with Gasteiger partial charge in [0.25, 0.3) is 0 Å². The quantitative estimate of drug-likeness (QED) is 0.301. The third-order valence-electron chi connectivity index (χ3n) is 4.31. The van der Waals surface area contributed by atoms with Crippen LogP contribution in [0.15, 0.2) is 59.9 Å². The SMILES string of the molecule is CCNC(=NCc1ccccc1-n1nc(C)cc1C)NCCn1cccc1.I. The van der Waals surface area contributed by atoms with Crippen LogP contribution < -0.4 is 10.6 Å². The molecule has 0 saturated carbocycles. The first-order valence-corrected chi connectivity index (χ1v) is 9.42. The van der Waals surface area contributed by atoms with E-state index in [1.807, 2.05) is 35.9 Å². The van der Waals surface area contributed by atoms with Gasteiger partial charge in [-0.1, -0.05) is 18.2 Å². The van der Waals surface area contributed by atoms with Gasteiger partial charge in [-0.15, -0.1) is 24.0 Å². The molecule has 150 valence electrons. The van der Waals surface area contributed by atoms with E-state index in [1.54, 1.807) is 0 Å². The van der Waals surface area contributed by atoms with Crippen LogP contribution >= 0.6 is 24.0 Å². The van der Waals surface area contributed by atoms with E-state index in [-0.39, 0.29) is 24.0 Å². The van der Waals surface area contributed by atoms with E-state index in [0.717, 1.165) is 48.2 Å². The van der Waals surface area contributed by atoms with E-state index in [9.17, 15) is 0 Å². The molecular weight excluding hydrogens is 463 g/mol. The molecule has 6 nitrogen and oxygen atoms in total. The summed E-state index contributed by atoms with van der Waals surface area (Å²) in [6.45, 7) is 9.31. The zero-order valence-corrected chi connectivity index (χ0v) is 19.1. The maximum Gasteiger partial charge on any atom is 0.191 e. The number of aromatic nitrogens is 3. The minimum atomic E-state index is 0. The van der Waals surface area contributed by atoms with Gasteiger partial charge < -0.3 is 15.2 Å². The van der Waals surface area contributed by atoms with Crippen molar-refractivity contribution in [2.45, 2.75) is 33.9 Å². The smallest absolute Gasteiger partial charge is 0.191 e. The van der Waals surface area contributed by atoms with Crippen molar-refractivity contribution in [3.05, 3.63) is 71.8 Å². The number of hydrogen-bond donors (Lipinski definition) is 2. The van der Waals surface area contributed by atoms with Gasteiger partial charge in [0.2, 0.25) is 0 Å². The van der Waals surface area contributed by atoms with Crippen LogP contribution in [0.4, 0.5) is 0 Å². The van der Waals surface area contributed by atoms with Crippen molar-refractivity contribution in [1.82, 2.24) is 25.0 Å². The molecule has 2 aromatic heterocycles. The first-order chi connectivity index (χ1) is 13.2. The van der Waals surface area contributed by atoms with Crippen LogP contribution in [-0.4, -0.2) is 33.4 Å². The Bertz CT molecular complexity index is 882. The van der Waals surface area contributed by atoms with E-state index >= 15 is 0 Å². The molecule has 3 rings (SSSR count). The summed E-state index contributed by atoms with van der Waals surface area (Å²) in [5, 5.41) is 11.3. The molecule has 0 saturated heterocycles. The van der Waals surface area contributed by atoms with Gasteiger partial charge in [0, 0.05) is 37.7 Å². The first kappa shape index (κ1) is 22.0. The molecule has 28 heavy (non-hydrogen) atoms. The topological polar surface area (TPSA) is 59.2 Å². The van der Waals surface area contributed by atoms with Gasteiger partial charge in [0.15, 0.2) is 5.96 Å². The van der Waals surface area contributed by atoms with Crippen molar-refractivity contribution >= 4 is 29.9 Å². The van der Waals surface area contributed by atoms with Crippen molar-refractivity contribution in [2.24, 2.45) is 4.99 Å². The number of para-hydroxylation sites is 1. The Kier molecular flexibility index (Phi) is 8.56. The van der Waals surface area contributed by atoms with Crippen LogP contribution in [-0.2, 0) is 13.1 Å². The lowest BCUT2D eigenvalue weighted by atomic mass is 10.2. The molecule has 0 bridgehead atoms. The van der Waals surface area contributed by atoms with Crippen LogP contribution in [0.2, 0.25) is 0 Å². The number of guanidine groups is 1. The van der Waals surface area contributed by atoms with Crippen molar-refractivity contribution in [3.63, 3.8) is 0 Å². The molecule has 0 radical (unpaired) electrons. The monoisotopic (exact) mass is 492 g/mol. The zero-order chi connectivity index (χ0) is 19.1. The molecule has 3 aromatic rings. The van der Waals surface area contributed by atoms with E-state index in [2.05, 4.69) is 64.7 Å². The molecular formula is C21H29IN6.